The number of nitrogens with zero attached hydrogens (tertiary/aromatic N) is 2. The van der Waals surface area contributed by atoms with Crippen LogP contribution in [0.5, 0.6) is 5.75 Å². The maximum Gasteiger partial charge on any atom is 0.414 e. The third-order valence-electron chi connectivity index (χ3n) is 2.74. The first-order valence-electron chi connectivity index (χ1n) is 7.75. The van der Waals surface area contributed by atoms with Gasteiger partial charge in [0.1, 0.15) is 19.3 Å². The molecule has 150 valence electrons. The largest absolute Gasteiger partial charge is 0.487 e. The molecule has 1 aromatic rings. The van der Waals surface area contributed by atoms with Crippen molar-refractivity contribution in [2.45, 2.75) is 13.8 Å². The molecule has 10 nitrogen and oxygen atoms in total. The summed E-state index contributed by atoms with van der Waals surface area (Å²) in [6.07, 6.45) is -1.00. The number of esters is 1. The molecule has 2 amide bonds. The highest BCUT2D eigenvalue weighted by Gasteiger charge is 2.16. The number of rotatable bonds is 8. The Labute approximate surface area is 170 Å². The van der Waals surface area contributed by atoms with Gasteiger partial charge in [0.15, 0.2) is 5.75 Å². The van der Waals surface area contributed by atoms with E-state index in [0.717, 1.165) is 0 Å². The first-order chi connectivity index (χ1) is 13.3. The molecule has 0 atom stereocenters. The van der Waals surface area contributed by atoms with Crippen LogP contribution in [-0.4, -0.2) is 43.5 Å². The first-order valence-corrected chi connectivity index (χ1v) is 8.51. The molecule has 0 aromatic heterocycles. The predicted molar refractivity (Wildman–Crippen MR) is 100 cm³/mol. The lowest BCUT2D eigenvalue weighted by Crippen LogP contribution is -2.36. The molecular formula is C16H16Cl2N4O6. The van der Waals surface area contributed by atoms with Crippen LogP contribution in [0.25, 0.3) is 0 Å². The average Bonchev–Trinajstić information content (AvgIpc) is 2.60. The van der Waals surface area contributed by atoms with Gasteiger partial charge in [-0.1, -0.05) is 23.2 Å². The van der Waals surface area contributed by atoms with Crippen LogP contribution in [-0.2, 0) is 19.1 Å². The number of hydrazone groups is 1. The molecule has 2 N–H and O–H groups in total. The molecule has 0 aliphatic rings. The SMILES string of the molecule is CCOC(=O)NC(=O)/C(C#N)=N/Nc1cc(Cl)c(OCCOC(C)=O)c(Cl)c1. The number of imide groups is 1. The Morgan fingerprint density at radius 2 is 1.82 bits per heavy atom. The molecule has 1 rings (SSSR count). The molecule has 0 bridgehead atoms. The zero-order valence-electron chi connectivity index (χ0n) is 14.9. The van der Waals surface area contributed by atoms with Crippen molar-refractivity contribution in [2.24, 2.45) is 5.10 Å². The van der Waals surface area contributed by atoms with Crippen molar-refractivity contribution in [1.82, 2.24) is 5.32 Å². The summed E-state index contributed by atoms with van der Waals surface area (Å²) >= 11 is 12.2. The van der Waals surface area contributed by atoms with E-state index < -0.39 is 23.7 Å². The van der Waals surface area contributed by atoms with E-state index in [1.165, 1.54) is 25.1 Å². The van der Waals surface area contributed by atoms with Gasteiger partial charge in [0.25, 0.3) is 5.91 Å². The minimum atomic E-state index is -1.05. The molecule has 0 unspecified atom stereocenters. The number of nitriles is 1. The molecule has 28 heavy (non-hydrogen) atoms. The van der Waals surface area contributed by atoms with Crippen LogP contribution in [0.4, 0.5) is 10.5 Å². The van der Waals surface area contributed by atoms with Gasteiger partial charge in [0.05, 0.1) is 22.3 Å². The van der Waals surface area contributed by atoms with E-state index in [1.54, 1.807) is 6.92 Å². The zero-order valence-corrected chi connectivity index (χ0v) is 16.4. The Bertz CT molecular complexity index is 799. The summed E-state index contributed by atoms with van der Waals surface area (Å²) in [5, 5.41) is 14.7. The highest BCUT2D eigenvalue weighted by atomic mass is 35.5. The molecule has 12 heteroatoms. The van der Waals surface area contributed by atoms with Crippen LogP contribution in [0, 0.1) is 11.3 Å². The first kappa shape index (κ1) is 23.0. The Balaban J connectivity index is 2.79. The Kier molecular flexibility index (Phi) is 9.56. The van der Waals surface area contributed by atoms with Gasteiger partial charge in [-0.05, 0) is 19.1 Å². The Morgan fingerprint density at radius 3 is 2.36 bits per heavy atom. The number of hydrogen-bond acceptors (Lipinski definition) is 9. The number of halogens is 2. The number of ether oxygens (including phenoxy) is 3. The standard InChI is InChI=1S/C16H16Cl2N4O6/c1-3-26-16(25)20-15(24)13(8-19)22-21-10-6-11(17)14(12(18)7-10)28-5-4-27-9(2)23/h6-7,21H,3-5H2,1-2H3,(H,20,24,25)/b22-13+. The van der Waals surface area contributed by atoms with E-state index in [9.17, 15) is 14.4 Å². The summed E-state index contributed by atoms with van der Waals surface area (Å²) in [6, 6.07) is 4.31. The smallest absolute Gasteiger partial charge is 0.414 e. The van der Waals surface area contributed by atoms with Crippen molar-refractivity contribution in [2.75, 3.05) is 25.2 Å². The lowest BCUT2D eigenvalue weighted by molar-refractivity contribution is -0.141. The molecule has 0 aliphatic carbocycles. The number of carbonyl (C=O) groups is 3. The zero-order chi connectivity index (χ0) is 21.1. The topological polar surface area (TPSA) is 139 Å². The van der Waals surface area contributed by atoms with E-state index in [1.807, 2.05) is 5.32 Å². The van der Waals surface area contributed by atoms with Gasteiger partial charge in [-0.2, -0.15) is 10.4 Å². The number of amides is 2. The molecule has 1 aromatic carbocycles. The quantitative estimate of drug-likeness (QED) is 0.277. The van der Waals surface area contributed by atoms with Crippen LogP contribution in [0.2, 0.25) is 10.0 Å². The second-order valence-corrected chi connectivity index (χ2v) is 5.63. The second-order valence-electron chi connectivity index (χ2n) is 4.82. The third-order valence-corrected chi connectivity index (χ3v) is 3.30. The summed E-state index contributed by atoms with van der Waals surface area (Å²) in [5.74, 6) is -1.33. The van der Waals surface area contributed by atoms with Gasteiger partial charge < -0.3 is 14.2 Å². The third kappa shape index (κ3) is 7.69. The van der Waals surface area contributed by atoms with Crippen molar-refractivity contribution in [3.8, 4) is 11.8 Å². The van der Waals surface area contributed by atoms with Crippen molar-refractivity contribution in [3.63, 3.8) is 0 Å². The van der Waals surface area contributed by atoms with Gasteiger partial charge in [-0.3, -0.25) is 20.3 Å². The molecule has 0 radical (unpaired) electrons. The molecule has 0 spiro atoms. The lowest BCUT2D eigenvalue weighted by Gasteiger charge is -2.11. The average molecular weight is 431 g/mol. The van der Waals surface area contributed by atoms with Crippen molar-refractivity contribution in [1.29, 1.82) is 5.26 Å². The van der Waals surface area contributed by atoms with E-state index in [0.29, 0.717) is 0 Å². The summed E-state index contributed by atoms with van der Waals surface area (Å²) < 4.78 is 14.6. The Morgan fingerprint density at radius 1 is 1.18 bits per heavy atom. The number of carbonyl (C=O) groups excluding carboxylic acids is 3. The molecule has 0 fully saturated rings. The van der Waals surface area contributed by atoms with Crippen molar-refractivity contribution in [3.05, 3.63) is 22.2 Å². The highest BCUT2D eigenvalue weighted by Crippen LogP contribution is 2.36. The summed E-state index contributed by atoms with van der Waals surface area (Å²) in [6.45, 7) is 2.94. The summed E-state index contributed by atoms with van der Waals surface area (Å²) in [7, 11) is 0. The van der Waals surface area contributed by atoms with Crippen LogP contribution < -0.4 is 15.5 Å². The number of benzene rings is 1. The number of nitrogens with one attached hydrogen (secondary N) is 2. The molecule has 0 aliphatic heterocycles. The lowest BCUT2D eigenvalue weighted by atomic mass is 10.3. The van der Waals surface area contributed by atoms with Crippen LogP contribution >= 0.6 is 23.2 Å². The number of anilines is 1. The van der Waals surface area contributed by atoms with Crippen LogP contribution in [0.1, 0.15) is 13.8 Å². The highest BCUT2D eigenvalue weighted by molar-refractivity contribution is 6.47. The fraction of sp³-hybridized carbons (Fsp3) is 0.312. The molecule has 0 heterocycles. The second kappa shape index (κ2) is 11.6. The van der Waals surface area contributed by atoms with E-state index >= 15 is 0 Å². The minimum absolute atomic E-state index is 0.0212. The molecular weight excluding hydrogens is 415 g/mol. The van der Waals surface area contributed by atoms with Gasteiger partial charge in [0.2, 0.25) is 5.71 Å². The summed E-state index contributed by atoms with van der Waals surface area (Å²) in [5.41, 5.74) is 2.06. The predicted octanol–water partition coefficient (Wildman–Crippen LogP) is 2.50. The van der Waals surface area contributed by atoms with Gasteiger partial charge in [-0.15, -0.1) is 0 Å². The van der Waals surface area contributed by atoms with Gasteiger partial charge in [0, 0.05) is 6.92 Å². The van der Waals surface area contributed by atoms with Gasteiger partial charge >= 0.3 is 12.1 Å². The fourth-order valence-electron chi connectivity index (χ4n) is 1.66. The number of alkyl carbamates (subject to hydrolysis) is 1. The maximum absolute atomic E-state index is 11.8. The van der Waals surface area contributed by atoms with Crippen LogP contribution in [0.3, 0.4) is 0 Å². The van der Waals surface area contributed by atoms with Crippen molar-refractivity contribution >= 4 is 52.6 Å². The monoisotopic (exact) mass is 430 g/mol. The van der Waals surface area contributed by atoms with Crippen LogP contribution in [0.15, 0.2) is 17.2 Å². The molecule has 0 saturated heterocycles. The summed E-state index contributed by atoms with van der Waals surface area (Å²) in [4.78, 5) is 33.7. The minimum Gasteiger partial charge on any atom is -0.487 e. The molecule has 0 saturated carbocycles. The van der Waals surface area contributed by atoms with Crippen molar-refractivity contribution < 1.29 is 28.6 Å². The van der Waals surface area contributed by atoms with E-state index in [2.05, 4.69) is 15.3 Å². The fourth-order valence-corrected chi connectivity index (χ4v) is 2.25. The number of hydrogen-bond donors (Lipinski definition) is 2. The van der Waals surface area contributed by atoms with E-state index in [4.69, 9.17) is 37.9 Å². The van der Waals surface area contributed by atoms with Gasteiger partial charge in [-0.25, -0.2) is 4.79 Å². The Hall–Kier alpha value is -3.03. The normalized spacial score (nSPS) is 10.5. The van der Waals surface area contributed by atoms with E-state index in [-0.39, 0.29) is 41.3 Å². The maximum atomic E-state index is 11.8.